The molecule has 1 aliphatic carbocycles. The van der Waals surface area contributed by atoms with Crippen molar-refractivity contribution in [3.8, 4) is 0 Å². The van der Waals surface area contributed by atoms with Crippen molar-refractivity contribution >= 4 is 34.4 Å². The first kappa shape index (κ1) is 20.9. The molecule has 0 saturated heterocycles. The minimum Gasteiger partial charge on any atom is -0.354 e. The molecular formula is C21H30N8S. The molecule has 1 saturated carbocycles. The first-order valence-corrected chi connectivity index (χ1v) is 11.4. The number of hydrazine groups is 1. The zero-order valence-corrected chi connectivity index (χ0v) is 18.3. The molecule has 9 heteroatoms. The molecule has 8 nitrogen and oxygen atoms in total. The molecule has 0 spiro atoms. The quantitative estimate of drug-likeness (QED) is 0.257. The summed E-state index contributed by atoms with van der Waals surface area (Å²) in [6.07, 6.45) is 11.0. The molecule has 4 rings (SSSR count). The summed E-state index contributed by atoms with van der Waals surface area (Å²) >= 11 is 1.76. The molecule has 6 N–H and O–H groups in total. The van der Waals surface area contributed by atoms with Crippen LogP contribution in [0.2, 0.25) is 0 Å². The van der Waals surface area contributed by atoms with Gasteiger partial charge >= 0.3 is 0 Å². The van der Waals surface area contributed by atoms with E-state index in [2.05, 4.69) is 33.3 Å². The van der Waals surface area contributed by atoms with E-state index in [-0.39, 0.29) is 17.3 Å². The van der Waals surface area contributed by atoms with E-state index in [0.717, 1.165) is 46.7 Å². The van der Waals surface area contributed by atoms with E-state index in [0.29, 0.717) is 5.82 Å². The van der Waals surface area contributed by atoms with Crippen molar-refractivity contribution in [2.75, 3.05) is 17.4 Å². The molecule has 160 valence electrons. The normalized spacial score (nSPS) is 20.3. The van der Waals surface area contributed by atoms with E-state index in [4.69, 9.17) is 21.5 Å². The Kier molecular flexibility index (Phi) is 6.40. The smallest absolute Gasteiger partial charge is 0.165 e. The van der Waals surface area contributed by atoms with Crippen molar-refractivity contribution in [2.45, 2.75) is 61.3 Å². The molecule has 1 fully saturated rings. The maximum atomic E-state index is 6.37. The number of hydrogen-bond acceptors (Lipinski definition) is 8. The SMILES string of the molecule is CCC(Sc1ccnc2[nH]ccc12)c1ncc(N(C)[C@@H]2CCCC[C@@H]2N)nc1NN. The Morgan fingerprint density at radius 2 is 2.13 bits per heavy atom. The Labute approximate surface area is 181 Å². The monoisotopic (exact) mass is 426 g/mol. The van der Waals surface area contributed by atoms with Crippen LogP contribution in [0.4, 0.5) is 11.6 Å². The largest absolute Gasteiger partial charge is 0.354 e. The molecule has 30 heavy (non-hydrogen) atoms. The third-order valence-electron chi connectivity index (χ3n) is 5.93. The number of aromatic nitrogens is 4. The van der Waals surface area contributed by atoms with Gasteiger partial charge in [-0.05, 0) is 31.4 Å². The van der Waals surface area contributed by atoms with Crippen molar-refractivity contribution in [1.29, 1.82) is 0 Å². The van der Waals surface area contributed by atoms with Gasteiger partial charge < -0.3 is 21.0 Å². The van der Waals surface area contributed by atoms with Crippen LogP contribution in [0.15, 0.2) is 35.6 Å². The predicted octanol–water partition coefficient (Wildman–Crippen LogP) is 3.59. The van der Waals surface area contributed by atoms with Gasteiger partial charge in [-0.15, -0.1) is 11.8 Å². The highest BCUT2D eigenvalue weighted by molar-refractivity contribution is 7.99. The van der Waals surface area contributed by atoms with Gasteiger partial charge in [0.25, 0.3) is 0 Å². The molecule has 0 amide bonds. The number of rotatable bonds is 7. The van der Waals surface area contributed by atoms with Crippen LogP contribution in [0.3, 0.4) is 0 Å². The highest BCUT2D eigenvalue weighted by atomic mass is 32.2. The summed E-state index contributed by atoms with van der Waals surface area (Å²) < 4.78 is 0. The van der Waals surface area contributed by atoms with Crippen LogP contribution >= 0.6 is 11.8 Å². The predicted molar refractivity (Wildman–Crippen MR) is 123 cm³/mol. The Bertz CT molecular complexity index is 990. The highest BCUT2D eigenvalue weighted by Crippen LogP contribution is 2.41. The maximum Gasteiger partial charge on any atom is 0.165 e. The molecule has 3 atom stereocenters. The van der Waals surface area contributed by atoms with Gasteiger partial charge in [0, 0.05) is 41.8 Å². The van der Waals surface area contributed by atoms with Gasteiger partial charge in [0.05, 0.1) is 17.1 Å². The maximum absolute atomic E-state index is 6.37. The van der Waals surface area contributed by atoms with Crippen molar-refractivity contribution in [2.24, 2.45) is 11.6 Å². The second-order valence-corrected chi connectivity index (χ2v) is 9.04. The zero-order chi connectivity index (χ0) is 21.1. The van der Waals surface area contributed by atoms with E-state index in [1.165, 1.54) is 12.8 Å². The zero-order valence-electron chi connectivity index (χ0n) is 17.5. The number of aromatic amines is 1. The third kappa shape index (κ3) is 4.10. The lowest BCUT2D eigenvalue weighted by atomic mass is 9.90. The number of pyridine rings is 1. The van der Waals surface area contributed by atoms with Crippen LogP contribution in [0, 0.1) is 0 Å². The fourth-order valence-corrected chi connectivity index (χ4v) is 5.40. The minimum atomic E-state index is 0.111. The standard InChI is InChI=1S/C21H30N8S/c1-3-16(30-17-9-11-25-20-13(17)8-10-24-20)19-21(28-23)27-18(12-26-19)29(2)15-7-5-4-6-14(15)22/h8-12,14-16H,3-7,22-23H2,1-2H3,(H,24,25)(H,27,28)/t14-,15+,16?/m0/s1. The number of fused-ring (bicyclic) bond motifs is 1. The van der Waals surface area contributed by atoms with E-state index < -0.39 is 0 Å². The molecule has 0 bridgehead atoms. The Morgan fingerprint density at radius 3 is 2.90 bits per heavy atom. The summed E-state index contributed by atoms with van der Waals surface area (Å²) in [4.78, 5) is 20.5. The van der Waals surface area contributed by atoms with Gasteiger partial charge in [0.15, 0.2) is 5.82 Å². The second-order valence-electron chi connectivity index (χ2n) is 7.80. The molecule has 1 unspecified atom stereocenters. The van der Waals surface area contributed by atoms with E-state index in [1.54, 1.807) is 11.8 Å². The van der Waals surface area contributed by atoms with Gasteiger partial charge in [-0.25, -0.2) is 15.8 Å². The molecular weight excluding hydrogens is 396 g/mol. The number of thioether (sulfide) groups is 1. The van der Waals surface area contributed by atoms with Gasteiger partial charge in [0.1, 0.15) is 11.5 Å². The molecule has 0 aromatic carbocycles. The number of nitrogens with one attached hydrogen (secondary N) is 2. The lowest BCUT2D eigenvalue weighted by Gasteiger charge is -2.36. The number of nitrogens with zero attached hydrogens (tertiary/aromatic N) is 4. The van der Waals surface area contributed by atoms with Crippen LogP contribution in [0.25, 0.3) is 11.0 Å². The molecule has 3 aromatic heterocycles. The summed E-state index contributed by atoms with van der Waals surface area (Å²) in [6.45, 7) is 2.15. The number of nitrogen functional groups attached to an aromatic ring is 1. The van der Waals surface area contributed by atoms with Crippen LogP contribution in [0.1, 0.15) is 50.0 Å². The van der Waals surface area contributed by atoms with Crippen LogP contribution in [-0.2, 0) is 0 Å². The van der Waals surface area contributed by atoms with Gasteiger partial charge in [0.2, 0.25) is 0 Å². The van der Waals surface area contributed by atoms with E-state index in [9.17, 15) is 0 Å². The first-order valence-electron chi connectivity index (χ1n) is 10.5. The van der Waals surface area contributed by atoms with Gasteiger partial charge in [-0.3, -0.25) is 4.98 Å². The summed E-state index contributed by atoms with van der Waals surface area (Å²) in [7, 11) is 2.05. The number of nitrogens with two attached hydrogens (primary N) is 2. The van der Waals surface area contributed by atoms with Crippen LogP contribution in [-0.4, -0.2) is 39.1 Å². The lowest BCUT2D eigenvalue weighted by molar-refractivity contribution is 0.372. The van der Waals surface area contributed by atoms with Crippen molar-refractivity contribution in [3.63, 3.8) is 0 Å². The average molecular weight is 427 g/mol. The Morgan fingerprint density at radius 1 is 1.30 bits per heavy atom. The Hall–Kier alpha value is -2.36. The Balaban J connectivity index is 1.60. The average Bonchev–Trinajstić information content (AvgIpc) is 3.27. The number of hydrogen-bond donors (Lipinski definition) is 4. The van der Waals surface area contributed by atoms with Crippen LogP contribution in [0.5, 0.6) is 0 Å². The van der Waals surface area contributed by atoms with E-state index in [1.807, 2.05) is 31.7 Å². The first-order chi connectivity index (χ1) is 14.6. The summed E-state index contributed by atoms with van der Waals surface area (Å²) in [5.41, 5.74) is 10.9. The molecule has 1 aliphatic rings. The van der Waals surface area contributed by atoms with E-state index >= 15 is 0 Å². The highest BCUT2D eigenvalue weighted by Gasteiger charge is 2.27. The lowest BCUT2D eigenvalue weighted by Crippen LogP contribution is -2.48. The topological polar surface area (TPSA) is 122 Å². The molecule has 3 aromatic rings. The number of likely N-dealkylation sites (N-methyl/N-ethyl adjacent to an activating group) is 1. The second kappa shape index (κ2) is 9.20. The summed E-state index contributed by atoms with van der Waals surface area (Å²) in [5.74, 6) is 7.28. The summed E-state index contributed by atoms with van der Waals surface area (Å²) in [5, 5.41) is 1.22. The third-order valence-corrected chi connectivity index (χ3v) is 7.38. The van der Waals surface area contributed by atoms with Gasteiger partial charge in [-0.1, -0.05) is 19.8 Å². The fourth-order valence-electron chi connectivity index (χ4n) is 4.22. The van der Waals surface area contributed by atoms with Crippen molar-refractivity contribution in [3.05, 3.63) is 36.4 Å². The fraction of sp³-hybridized carbons (Fsp3) is 0.476. The van der Waals surface area contributed by atoms with Crippen molar-refractivity contribution in [1.82, 2.24) is 19.9 Å². The number of anilines is 2. The van der Waals surface area contributed by atoms with Crippen LogP contribution < -0.4 is 21.9 Å². The van der Waals surface area contributed by atoms with Crippen molar-refractivity contribution < 1.29 is 0 Å². The number of H-pyrrole nitrogens is 1. The molecule has 0 aliphatic heterocycles. The summed E-state index contributed by atoms with van der Waals surface area (Å²) in [6, 6.07) is 4.53. The minimum absolute atomic E-state index is 0.111. The molecule has 3 heterocycles. The van der Waals surface area contributed by atoms with Gasteiger partial charge in [-0.2, -0.15) is 0 Å². The molecule has 0 radical (unpaired) electrons.